The van der Waals surface area contributed by atoms with Crippen LogP contribution >= 0.6 is 0 Å². The predicted molar refractivity (Wildman–Crippen MR) is 77.5 cm³/mol. The van der Waals surface area contributed by atoms with Gasteiger partial charge in [-0.25, -0.2) is 0 Å². The number of hydrogen-bond donors (Lipinski definition) is 0. The van der Waals surface area contributed by atoms with Crippen molar-refractivity contribution in [3.63, 3.8) is 0 Å². The Morgan fingerprint density at radius 3 is 3.20 bits per heavy atom. The van der Waals surface area contributed by atoms with E-state index in [1.807, 2.05) is 6.21 Å². The van der Waals surface area contributed by atoms with E-state index in [9.17, 15) is 4.79 Å². The average molecular weight is 266 g/mol. The van der Waals surface area contributed by atoms with Crippen molar-refractivity contribution in [2.45, 2.75) is 12.5 Å². The van der Waals surface area contributed by atoms with Crippen molar-refractivity contribution in [3.8, 4) is 18.1 Å². The zero-order valence-corrected chi connectivity index (χ0v) is 11.0. The highest BCUT2D eigenvalue weighted by molar-refractivity contribution is 6.03. The molecule has 1 fully saturated rings. The molecule has 0 saturated carbocycles. The number of benzene rings is 1. The first kappa shape index (κ1) is 12.5. The van der Waals surface area contributed by atoms with Gasteiger partial charge in [-0.2, -0.15) is 0 Å². The molecule has 0 aromatic heterocycles. The fourth-order valence-corrected chi connectivity index (χ4v) is 2.52. The van der Waals surface area contributed by atoms with Crippen LogP contribution < -0.4 is 4.74 Å². The van der Waals surface area contributed by atoms with E-state index in [1.54, 1.807) is 23.1 Å². The molecule has 1 atom stereocenters. The molecule has 1 saturated heterocycles. The van der Waals surface area contributed by atoms with E-state index in [4.69, 9.17) is 11.2 Å². The van der Waals surface area contributed by atoms with Crippen LogP contribution in [0.2, 0.25) is 0 Å². The summed E-state index contributed by atoms with van der Waals surface area (Å²) in [6.45, 7) is 4.72. The molecule has 2 aliphatic heterocycles. The maximum Gasteiger partial charge on any atom is 0.257 e. The van der Waals surface area contributed by atoms with Crippen LogP contribution in [-0.4, -0.2) is 36.2 Å². The lowest BCUT2D eigenvalue weighted by Crippen LogP contribution is -2.35. The highest BCUT2D eigenvalue weighted by Crippen LogP contribution is 2.32. The number of fused-ring (bicyclic) bond motifs is 2. The van der Waals surface area contributed by atoms with Gasteiger partial charge in [0.15, 0.2) is 0 Å². The Morgan fingerprint density at radius 2 is 2.40 bits per heavy atom. The molecule has 100 valence electrons. The Bertz CT molecular complexity index is 655. The third kappa shape index (κ3) is 2.08. The fourth-order valence-electron chi connectivity index (χ4n) is 2.52. The normalized spacial score (nSPS) is 20.1. The number of hydrogen-bond acceptors (Lipinski definition) is 3. The molecule has 0 aliphatic carbocycles. The van der Waals surface area contributed by atoms with E-state index in [0.717, 1.165) is 12.0 Å². The quantitative estimate of drug-likeness (QED) is 0.608. The molecule has 1 aromatic carbocycles. The van der Waals surface area contributed by atoms with Gasteiger partial charge in [0.05, 0.1) is 17.3 Å². The topological polar surface area (TPSA) is 41.9 Å². The maximum absolute atomic E-state index is 12.6. The molecule has 0 spiro atoms. The largest absolute Gasteiger partial charge is 0.481 e. The molecule has 3 rings (SSSR count). The number of carbonyl (C=O) groups excluding carboxylic acids is 1. The summed E-state index contributed by atoms with van der Waals surface area (Å²) in [6, 6.07) is 5.27. The molecule has 4 heteroatoms. The lowest BCUT2D eigenvalue weighted by atomic mass is 10.1. The summed E-state index contributed by atoms with van der Waals surface area (Å²) in [7, 11) is 0. The highest BCUT2D eigenvalue weighted by atomic mass is 16.5. The van der Waals surface area contributed by atoms with E-state index in [0.29, 0.717) is 23.5 Å². The molecule has 0 N–H and O–H groups in total. The van der Waals surface area contributed by atoms with Crippen LogP contribution in [0.15, 0.2) is 35.3 Å². The SMILES string of the molecule is C#CCOc1ccc2c(c1)C(=O)N1CC(=C)C[C@H]1C=N2. The van der Waals surface area contributed by atoms with Gasteiger partial charge in [0, 0.05) is 12.8 Å². The fraction of sp³-hybridized carbons (Fsp3) is 0.250. The van der Waals surface area contributed by atoms with Gasteiger partial charge in [0.2, 0.25) is 0 Å². The van der Waals surface area contributed by atoms with E-state index < -0.39 is 0 Å². The minimum Gasteiger partial charge on any atom is -0.481 e. The Balaban J connectivity index is 1.97. The summed E-state index contributed by atoms with van der Waals surface area (Å²) in [6.07, 6.45) is 7.77. The third-order valence-corrected chi connectivity index (χ3v) is 3.46. The number of nitrogens with zero attached hydrogens (tertiary/aromatic N) is 2. The van der Waals surface area contributed by atoms with Crippen LogP contribution in [0.5, 0.6) is 5.75 Å². The minimum atomic E-state index is -0.0349. The van der Waals surface area contributed by atoms with Gasteiger partial charge in [-0.1, -0.05) is 18.1 Å². The number of carbonyl (C=O) groups is 1. The zero-order chi connectivity index (χ0) is 14.1. The molecule has 1 aromatic rings. The van der Waals surface area contributed by atoms with Crippen LogP contribution in [0.4, 0.5) is 5.69 Å². The number of amides is 1. The van der Waals surface area contributed by atoms with Crippen LogP contribution in [0.25, 0.3) is 0 Å². The van der Waals surface area contributed by atoms with E-state index in [2.05, 4.69) is 17.5 Å². The molecule has 1 amide bonds. The molecular formula is C16H14N2O2. The summed E-state index contributed by atoms with van der Waals surface area (Å²) in [5.74, 6) is 2.95. The van der Waals surface area contributed by atoms with Gasteiger partial charge in [-0.05, 0) is 24.6 Å². The van der Waals surface area contributed by atoms with Crippen LogP contribution in [0, 0.1) is 12.3 Å². The average Bonchev–Trinajstić information content (AvgIpc) is 2.78. The molecular weight excluding hydrogens is 252 g/mol. The predicted octanol–water partition coefficient (Wildman–Crippen LogP) is 2.19. The van der Waals surface area contributed by atoms with E-state index in [-0.39, 0.29) is 18.6 Å². The van der Waals surface area contributed by atoms with Crippen LogP contribution in [0.3, 0.4) is 0 Å². The standard InChI is InChI=1S/C16H14N2O2/c1-3-6-20-13-4-5-15-14(8-13)16(19)18-10-11(2)7-12(18)9-17-15/h1,4-5,8-9,12H,2,6-7,10H2/t12-/m0/s1. The molecule has 0 unspecified atom stereocenters. The Labute approximate surface area is 117 Å². The second-order valence-electron chi connectivity index (χ2n) is 4.90. The van der Waals surface area contributed by atoms with E-state index in [1.165, 1.54) is 0 Å². The summed E-state index contributed by atoms with van der Waals surface area (Å²) in [5, 5.41) is 0. The van der Waals surface area contributed by atoms with Crippen molar-refractivity contribution in [1.29, 1.82) is 0 Å². The lowest BCUT2D eigenvalue weighted by molar-refractivity contribution is 0.0777. The van der Waals surface area contributed by atoms with E-state index >= 15 is 0 Å². The number of ether oxygens (including phenoxy) is 1. The molecule has 2 heterocycles. The monoisotopic (exact) mass is 266 g/mol. The number of aliphatic imine (C=N–C) groups is 1. The molecule has 0 radical (unpaired) electrons. The molecule has 4 nitrogen and oxygen atoms in total. The second kappa shape index (κ2) is 4.86. The molecule has 20 heavy (non-hydrogen) atoms. The van der Waals surface area contributed by atoms with Gasteiger partial charge in [-0.15, -0.1) is 6.42 Å². The van der Waals surface area contributed by atoms with Crippen LogP contribution in [0.1, 0.15) is 16.8 Å². The zero-order valence-electron chi connectivity index (χ0n) is 11.0. The van der Waals surface area contributed by atoms with Crippen LogP contribution in [-0.2, 0) is 0 Å². The maximum atomic E-state index is 12.6. The first-order valence-corrected chi connectivity index (χ1v) is 6.41. The van der Waals surface area contributed by atoms with Crippen molar-refractivity contribution in [1.82, 2.24) is 4.90 Å². The van der Waals surface area contributed by atoms with Crippen molar-refractivity contribution < 1.29 is 9.53 Å². The Kier molecular flexibility index (Phi) is 3.03. The summed E-state index contributed by atoms with van der Waals surface area (Å²) in [4.78, 5) is 18.8. The van der Waals surface area contributed by atoms with Gasteiger partial charge < -0.3 is 9.64 Å². The third-order valence-electron chi connectivity index (χ3n) is 3.46. The summed E-state index contributed by atoms with van der Waals surface area (Å²) in [5.41, 5.74) is 2.27. The first-order valence-electron chi connectivity index (χ1n) is 6.41. The first-order chi connectivity index (χ1) is 9.69. The highest BCUT2D eigenvalue weighted by Gasteiger charge is 2.33. The van der Waals surface area contributed by atoms with Crippen molar-refractivity contribution >= 4 is 17.8 Å². The summed E-state index contributed by atoms with van der Waals surface area (Å²) >= 11 is 0. The van der Waals surface area contributed by atoms with Gasteiger partial charge in [-0.3, -0.25) is 9.79 Å². The Hall–Kier alpha value is -2.54. The van der Waals surface area contributed by atoms with Crippen molar-refractivity contribution in [2.75, 3.05) is 13.2 Å². The van der Waals surface area contributed by atoms with Gasteiger partial charge >= 0.3 is 0 Å². The second-order valence-corrected chi connectivity index (χ2v) is 4.90. The van der Waals surface area contributed by atoms with Gasteiger partial charge in [0.1, 0.15) is 12.4 Å². The lowest BCUT2D eigenvalue weighted by Gasteiger charge is -2.19. The minimum absolute atomic E-state index is 0.0116. The molecule has 0 bridgehead atoms. The smallest absolute Gasteiger partial charge is 0.257 e. The molecule has 2 aliphatic rings. The number of rotatable bonds is 2. The van der Waals surface area contributed by atoms with Crippen molar-refractivity contribution in [2.24, 2.45) is 4.99 Å². The summed E-state index contributed by atoms with van der Waals surface area (Å²) < 4.78 is 5.37. The Morgan fingerprint density at radius 1 is 1.55 bits per heavy atom. The van der Waals surface area contributed by atoms with Gasteiger partial charge in [0.25, 0.3) is 5.91 Å². The van der Waals surface area contributed by atoms with Crippen molar-refractivity contribution in [3.05, 3.63) is 35.9 Å². The number of terminal acetylenes is 1.